The number of carbonyl (C=O) groups is 4. The molecule has 3 heterocycles. The van der Waals surface area contributed by atoms with E-state index >= 15 is 0 Å². The number of thioether (sulfide) groups is 2. The van der Waals surface area contributed by atoms with Crippen LogP contribution in [0.2, 0.25) is 0 Å². The van der Waals surface area contributed by atoms with E-state index in [9.17, 15) is 24.3 Å². The Morgan fingerprint density at radius 1 is 1.19 bits per heavy atom. The zero-order valence-corrected chi connectivity index (χ0v) is 18.8. The summed E-state index contributed by atoms with van der Waals surface area (Å²) in [4.78, 5) is 53.8. The van der Waals surface area contributed by atoms with E-state index in [0.717, 1.165) is 17.3 Å². The molecule has 0 saturated carbocycles. The number of carboxylic acid groups (broad SMARTS) is 2. The highest BCUT2D eigenvalue weighted by Gasteiger charge is 2.54. The first-order valence-corrected chi connectivity index (χ1v) is 12.2. The average molecular weight is 492 g/mol. The topological polar surface area (TPSA) is 137 Å². The van der Waals surface area contributed by atoms with Gasteiger partial charge in [-0.25, -0.2) is 9.78 Å². The molecule has 2 aromatic rings. The predicted octanol–water partition coefficient (Wildman–Crippen LogP) is 1.80. The molecular formula is C20H17N3O6S3. The SMILES string of the molecule is O=C(O)Cc1csc(SC2=C(C(=O)O)N3C(=O)[C@@H](NC(=O)Cc4ccccc4)[C@H]3SC2)n1. The Bertz CT molecular complexity index is 1120. The van der Waals surface area contributed by atoms with Crippen molar-refractivity contribution in [2.75, 3.05) is 5.75 Å². The van der Waals surface area contributed by atoms with Crippen LogP contribution >= 0.6 is 34.9 Å². The zero-order valence-electron chi connectivity index (χ0n) is 16.4. The van der Waals surface area contributed by atoms with Gasteiger partial charge in [0.05, 0.1) is 18.5 Å². The van der Waals surface area contributed by atoms with Crippen LogP contribution in [0.25, 0.3) is 0 Å². The number of β-lactam (4-membered cyclic amide) rings is 1. The van der Waals surface area contributed by atoms with Crippen LogP contribution < -0.4 is 5.32 Å². The Labute approximate surface area is 194 Å². The van der Waals surface area contributed by atoms with E-state index in [0.29, 0.717) is 20.7 Å². The molecule has 3 N–H and O–H groups in total. The number of thiazole rings is 1. The van der Waals surface area contributed by atoms with E-state index < -0.39 is 29.3 Å². The molecule has 12 heteroatoms. The van der Waals surface area contributed by atoms with Gasteiger partial charge in [-0.2, -0.15) is 0 Å². The summed E-state index contributed by atoms with van der Waals surface area (Å²) < 4.78 is 0.509. The molecular weight excluding hydrogens is 474 g/mol. The minimum atomic E-state index is -1.23. The smallest absolute Gasteiger partial charge is 0.353 e. The summed E-state index contributed by atoms with van der Waals surface area (Å²) in [5, 5.41) is 22.5. The van der Waals surface area contributed by atoms with E-state index in [4.69, 9.17) is 5.11 Å². The van der Waals surface area contributed by atoms with Crippen LogP contribution in [-0.2, 0) is 32.0 Å². The molecule has 2 amide bonds. The number of hydrogen-bond donors (Lipinski definition) is 3. The van der Waals surface area contributed by atoms with Crippen LogP contribution in [0.1, 0.15) is 11.3 Å². The van der Waals surface area contributed by atoms with Gasteiger partial charge in [-0.1, -0.05) is 42.1 Å². The number of aliphatic carboxylic acids is 2. The number of hydrogen-bond acceptors (Lipinski definition) is 8. The number of amides is 2. The first kappa shape index (κ1) is 22.4. The van der Waals surface area contributed by atoms with Crippen molar-refractivity contribution in [3.05, 3.63) is 57.6 Å². The van der Waals surface area contributed by atoms with E-state index in [1.807, 2.05) is 30.3 Å². The fourth-order valence-corrected chi connectivity index (χ4v) is 6.82. The second-order valence-electron chi connectivity index (χ2n) is 6.97. The number of fused-ring (bicyclic) bond motifs is 1. The van der Waals surface area contributed by atoms with Gasteiger partial charge >= 0.3 is 11.9 Å². The monoisotopic (exact) mass is 491 g/mol. The lowest BCUT2D eigenvalue weighted by Crippen LogP contribution is -2.70. The minimum Gasteiger partial charge on any atom is -0.481 e. The van der Waals surface area contributed by atoms with Crippen molar-refractivity contribution < 1.29 is 29.4 Å². The zero-order chi connectivity index (χ0) is 22.8. The fraction of sp³-hybridized carbons (Fsp3) is 0.250. The third-order valence-electron chi connectivity index (χ3n) is 4.73. The molecule has 0 spiro atoms. The molecule has 0 bridgehead atoms. The molecule has 1 fully saturated rings. The number of rotatable bonds is 8. The van der Waals surface area contributed by atoms with E-state index in [1.54, 1.807) is 5.38 Å². The van der Waals surface area contributed by atoms with Crippen molar-refractivity contribution in [1.82, 2.24) is 15.2 Å². The summed E-state index contributed by atoms with van der Waals surface area (Å²) in [7, 11) is 0. The first-order valence-electron chi connectivity index (χ1n) is 9.42. The maximum absolute atomic E-state index is 12.7. The highest BCUT2D eigenvalue weighted by Crippen LogP contribution is 2.45. The number of nitrogens with one attached hydrogen (secondary N) is 1. The Balaban J connectivity index is 1.46. The number of carbonyl (C=O) groups excluding carboxylic acids is 2. The molecule has 32 heavy (non-hydrogen) atoms. The Hall–Kier alpha value is -2.83. The molecule has 0 unspecified atom stereocenters. The normalized spacial score (nSPS) is 19.9. The number of carboxylic acids is 2. The molecule has 1 saturated heterocycles. The van der Waals surface area contributed by atoms with Gasteiger partial charge in [-0.05, 0) is 5.56 Å². The van der Waals surface area contributed by atoms with Crippen molar-refractivity contribution >= 4 is 58.6 Å². The van der Waals surface area contributed by atoms with Crippen LogP contribution in [0, 0.1) is 0 Å². The quantitative estimate of drug-likeness (QED) is 0.472. The summed E-state index contributed by atoms with van der Waals surface area (Å²) in [5.41, 5.74) is 1.10. The summed E-state index contributed by atoms with van der Waals surface area (Å²) in [6.07, 6.45) is -0.0822. The Kier molecular flexibility index (Phi) is 6.53. The predicted molar refractivity (Wildman–Crippen MR) is 119 cm³/mol. The second-order valence-corrected chi connectivity index (χ2v) is 10.3. The van der Waals surface area contributed by atoms with Crippen LogP contribution in [-0.4, -0.2) is 61.0 Å². The maximum Gasteiger partial charge on any atom is 0.353 e. The number of benzene rings is 1. The lowest BCUT2D eigenvalue weighted by molar-refractivity contribution is -0.150. The molecule has 2 aliphatic rings. The lowest BCUT2D eigenvalue weighted by atomic mass is 10.0. The molecule has 0 radical (unpaired) electrons. The van der Waals surface area contributed by atoms with Gasteiger partial charge in [0.15, 0.2) is 4.34 Å². The summed E-state index contributed by atoms with van der Waals surface area (Å²) in [5.74, 6) is -2.67. The van der Waals surface area contributed by atoms with Gasteiger partial charge in [-0.15, -0.1) is 23.1 Å². The van der Waals surface area contributed by atoms with Gasteiger partial charge in [0, 0.05) is 16.0 Å². The molecule has 1 aromatic carbocycles. The lowest BCUT2D eigenvalue weighted by Gasteiger charge is -2.49. The Morgan fingerprint density at radius 3 is 2.62 bits per heavy atom. The number of nitrogens with zero attached hydrogens (tertiary/aromatic N) is 2. The van der Waals surface area contributed by atoms with Crippen molar-refractivity contribution in [3.8, 4) is 0 Å². The Morgan fingerprint density at radius 2 is 1.94 bits per heavy atom. The maximum atomic E-state index is 12.7. The summed E-state index contributed by atoms with van der Waals surface area (Å²) in [6.45, 7) is 0. The van der Waals surface area contributed by atoms with Gasteiger partial charge in [0.2, 0.25) is 5.91 Å². The highest BCUT2D eigenvalue weighted by molar-refractivity contribution is 8.07. The van der Waals surface area contributed by atoms with Crippen molar-refractivity contribution in [2.24, 2.45) is 0 Å². The highest BCUT2D eigenvalue weighted by atomic mass is 32.2. The minimum absolute atomic E-state index is 0.118. The van der Waals surface area contributed by atoms with Gasteiger partial charge < -0.3 is 15.5 Å². The third-order valence-corrected chi connectivity index (χ3v) is 8.27. The summed E-state index contributed by atoms with van der Waals surface area (Å²) in [6, 6.07) is 8.36. The molecule has 1 aromatic heterocycles. The molecule has 2 aliphatic heterocycles. The second kappa shape index (κ2) is 9.35. The van der Waals surface area contributed by atoms with Crippen LogP contribution in [0.4, 0.5) is 0 Å². The van der Waals surface area contributed by atoms with Crippen LogP contribution in [0.5, 0.6) is 0 Å². The van der Waals surface area contributed by atoms with Gasteiger partial charge in [-0.3, -0.25) is 19.3 Å². The van der Waals surface area contributed by atoms with Gasteiger partial charge in [0.1, 0.15) is 17.1 Å². The van der Waals surface area contributed by atoms with E-state index in [2.05, 4.69) is 10.3 Å². The average Bonchev–Trinajstić information content (AvgIpc) is 3.18. The van der Waals surface area contributed by atoms with Crippen molar-refractivity contribution in [2.45, 2.75) is 28.6 Å². The molecule has 9 nitrogen and oxygen atoms in total. The van der Waals surface area contributed by atoms with Crippen LogP contribution in [0.15, 0.2) is 50.7 Å². The summed E-state index contributed by atoms with van der Waals surface area (Å²) >= 11 is 3.71. The molecule has 166 valence electrons. The standard InChI is InChI=1S/C20H17N3O6S3/c24-13(6-10-4-2-1-3-5-10)22-15-17(27)23-16(19(28)29)12(9-30-18(15)23)32-20-21-11(8-31-20)7-14(25)26/h1-5,8,15,18H,6-7,9H2,(H,22,24)(H,25,26)(H,28,29)/t15-,18-/m1/s1. The van der Waals surface area contributed by atoms with E-state index in [1.165, 1.54) is 28.0 Å². The third kappa shape index (κ3) is 4.66. The molecule has 2 atom stereocenters. The van der Waals surface area contributed by atoms with Gasteiger partial charge in [0.25, 0.3) is 5.91 Å². The molecule has 4 rings (SSSR count). The molecule has 0 aliphatic carbocycles. The van der Waals surface area contributed by atoms with Crippen molar-refractivity contribution in [1.29, 1.82) is 0 Å². The van der Waals surface area contributed by atoms with Crippen LogP contribution in [0.3, 0.4) is 0 Å². The van der Waals surface area contributed by atoms with Crippen molar-refractivity contribution in [3.63, 3.8) is 0 Å². The number of aromatic nitrogens is 1. The first-order chi connectivity index (χ1) is 15.3. The largest absolute Gasteiger partial charge is 0.481 e. The fourth-order valence-electron chi connectivity index (χ4n) is 3.35. The van der Waals surface area contributed by atoms with E-state index in [-0.39, 0.29) is 24.4 Å².